The van der Waals surface area contributed by atoms with Crippen molar-refractivity contribution in [2.24, 2.45) is 5.92 Å². The van der Waals surface area contributed by atoms with Crippen LogP contribution in [0, 0.1) is 5.92 Å². The molecule has 2 fully saturated rings. The van der Waals surface area contributed by atoms with Gasteiger partial charge in [0.1, 0.15) is 5.01 Å². The number of carbonyl (C=O) groups excluding carboxylic acids is 1. The molecule has 0 aromatic carbocycles. The first-order valence-electron chi connectivity index (χ1n) is 8.72. The lowest BCUT2D eigenvalue weighted by atomic mass is 9.84. The fourth-order valence-electron chi connectivity index (χ4n) is 3.21. The number of hydrogen-bond donors (Lipinski definition) is 0. The number of anilines is 1. The van der Waals surface area contributed by atoms with E-state index in [1.807, 2.05) is 11.9 Å². The van der Waals surface area contributed by atoms with E-state index in [9.17, 15) is 4.79 Å². The van der Waals surface area contributed by atoms with Gasteiger partial charge in [0.2, 0.25) is 11.0 Å². The van der Waals surface area contributed by atoms with Gasteiger partial charge in [-0.2, -0.15) is 0 Å². The standard InChI is InChI=1S/C17H28N4OS/c1-17(2,3)15-18-19-16(23-15)21-10-8-13(9-11-21)20(4)14(22)12-6-5-7-12/h12-13H,5-11H2,1-4H3. The molecule has 1 aliphatic heterocycles. The molecule has 0 spiro atoms. The Morgan fingerprint density at radius 2 is 1.83 bits per heavy atom. The highest BCUT2D eigenvalue weighted by atomic mass is 32.1. The van der Waals surface area contributed by atoms with E-state index >= 15 is 0 Å². The van der Waals surface area contributed by atoms with Gasteiger partial charge in [-0.1, -0.05) is 38.5 Å². The highest BCUT2D eigenvalue weighted by Crippen LogP contribution is 2.33. The van der Waals surface area contributed by atoms with Crippen LogP contribution in [0.4, 0.5) is 5.13 Å². The Bertz CT molecular complexity index is 553. The van der Waals surface area contributed by atoms with Crippen LogP contribution in [-0.2, 0) is 10.2 Å². The number of carbonyl (C=O) groups is 1. The summed E-state index contributed by atoms with van der Waals surface area (Å²) in [4.78, 5) is 16.7. The van der Waals surface area contributed by atoms with Crippen molar-refractivity contribution in [2.45, 2.75) is 64.3 Å². The highest BCUT2D eigenvalue weighted by molar-refractivity contribution is 7.15. The second kappa shape index (κ2) is 6.38. The third-order valence-electron chi connectivity index (χ3n) is 5.14. The summed E-state index contributed by atoms with van der Waals surface area (Å²) < 4.78 is 0. The highest BCUT2D eigenvalue weighted by Gasteiger charge is 2.33. The van der Waals surface area contributed by atoms with Gasteiger partial charge < -0.3 is 9.80 Å². The van der Waals surface area contributed by atoms with E-state index in [1.165, 1.54) is 6.42 Å². The van der Waals surface area contributed by atoms with E-state index < -0.39 is 0 Å². The fourth-order valence-corrected chi connectivity index (χ4v) is 4.17. The summed E-state index contributed by atoms with van der Waals surface area (Å²) in [5, 5.41) is 10.8. The lowest BCUT2D eigenvalue weighted by Crippen LogP contribution is -2.48. The number of rotatable bonds is 3. The van der Waals surface area contributed by atoms with Crippen LogP contribution in [0.5, 0.6) is 0 Å². The van der Waals surface area contributed by atoms with E-state index in [1.54, 1.807) is 11.3 Å². The van der Waals surface area contributed by atoms with E-state index in [4.69, 9.17) is 0 Å². The van der Waals surface area contributed by atoms with Gasteiger partial charge in [-0.3, -0.25) is 4.79 Å². The SMILES string of the molecule is CN(C(=O)C1CCC1)C1CCN(c2nnc(C(C)(C)C)s2)CC1. The second-order valence-corrected chi connectivity index (χ2v) is 8.89. The molecule has 1 aromatic rings. The molecule has 0 atom stereocenters. The van der Waals surface area contributed by atoms with Crippen molar-refractivity contribution in [1.29, 1.82) is 0 Å². The number of hydrogen-bond acceptors (Lipinski definition) is 5. The number of amides is 1. The van der Waals surface area contributed by atoms with Crippen molar-refractivity contribution < 1.29 is 4.79 Å². The summed E-state index contributed by atoms with van der Waals surface area (Å²) >= 11 is 1.70. The second-order valence-electron chi connectivity index (χ2n) is 7.93. The minimum absolute atomic E-state index is 0.0592. The number of aromatic nitrogens is 2. The van der Waals surface area contributed by atoms with E-state index in [2.05, 4.69) is 35.9 Å². The molecule has 0 radical (unpaired) electrons. The van der Waals surface area contributed by atoms with Crippen LogP contribution in [0.25, 0.3) is 0 Å². The molecule has 23 heavy (non-hydrogen) atoms. The van der Waals surface area contributed by atoms with Crippen LogP contribution >= 0.6 is 11.3 Å². The molecule has 5 nitrogen and oxygen atoms in total. The predicted octanol–water partition coefficient (Wildman–Crippen LogP) is 3.06. The molecule has 2 aliphatic rings. The van der Waals surface area contributed by atoms with Gasteiger partial charge in [0.15, 0.2) is 0 Å². The molecule has 0 bridgehead atoms. The summed E-state index contributed by atoms with van der Waals surface area (Å²) in [5.41, 5.74) is 0.0592. The smallest absolute Gasteiger partial charge is 0.225 e. The zero-order chi connectivity index (χ0) is 16.6. The van der Waals surface area contributed by atoms with Gasteiger partial charge in [0, 0.05) is 37.5 Å². The Hall–Kier alpha value is -1.17. The van der Waals surface area contributed by atoms with Crippen molar-refractivity contribution in [2.75, 3.05) is 25.0 Å². The Morgan fingerprint density at radius 1 is 1.17 bits per heavy atom. The van der Waals surface area contributed by atoms with E-state index in [0.29, 0.717) is 17.9 Å². The van der Waals surface area contributed by atoms with Gasteiger partial charge in [-0.15, -0.1) is 10.2 Å². The Balaban J connectivity index is 1.55. The zero-order valence-electron chi connectivity index (χ0n) is 14.7. The number of piperidine rings is 1. The van der Waals surface area contributed by atoms with Crippen molar-refractivity contribution in [3.63, 3.8) is 0 Å². The van der Waals surface area contributed by atoms with Gasteiger partial charge in [0.25, 0.3) is 0 Å². The summed E-state index contributed by atoms with van der Waals surface area (Å²) in [5.74, 6) is 0.663. The number of nitrogens with zero attached hydrogens (tertiary/aromatic N) is 4. The molecule has 1 aliphatic carbocycles. The third kappa shape index (κ3) is 3.52. The van der Waals surface area contributed by atoms with Gasteiger partial charge in [-0.05, 0) is 25.7 Å². The summed E-state index contributed by atoms with van der Waals surface area (Å²) in [6.07, 6.45) is 5.44. The summed E-state index contributed by atoms with van der Waals surface area (Å²) in [6, 6.07) is 0.384. The van der Waals surface area contributed by atoms with Crippen molar-refractivity contribution in [3.05, 3.63) is 5.01 Å². The van der Waals surface area contributed by atoms with Crippen LogP contribution in [-0.4, -0.2) is 47.2 Å². The quantitative estimate of drug-likeness (QED) is 0.851. The van der Waals surface area contributed by atoms with Crippen LogP contribution in [0.3, 0.4) is 0 Å². The van der Waals surface area contributed by atoms with Crippen LogP contribution in [0.15, 0.2) is 0 Å². The van der Waals surface area contributed by atoms with Gasteiger partial charge in [0.05, 0.1) is 0 Å². The Kier molecular flexibility index (Phi) is 4.63. The Morgan fingerprint density at radius 3 is 2.30 bits per heavy atom. The fraction of sp³-hybridized carbons (Fsp3) is 0.824. The molecule has 2 heterocycles. The topological polar surface area (TPSA) is 49.3 Å². The largest absolute Gasteiger partial charge is 0.347 e. The van der Waals surface area contributed by atoms with Crippen LogP contribution in [0.1, 0.15) is 57.9 Å². The summed E-state index contributed by atoms with van der Waals surface area (Å²) in [7, 11) is 1.99. The van der Waals surface area contributed by atoms with Crippen LogP contribution in [0.2, 0.25) is 0 Å². The first kappa shape index (κ1) is 16.7. The molecule has 128 valence electrons. The maximum Gasteiger partial charge on any atom is 0.225 e. The van der Waals surface area contributed by atoms with Crippen molar-refractivity contribution in [3.8, 4) is 0 Å². The molecule has 1 aromatic heterocycles. The molecule has 3 rings (SSSR count). The van der Waals surface area contributed by atoms with E-state index in [0.717, 1.165) is 48.9 Å². The van der Waals surface area contributed by atoms with Crippen LogP contribution < -0.4 is 4.90 Å². The van der Waals surface area contributed by atoms with E-state index in [-0.39, 0.29) is 5.41 Å². The Labute approximate surface area is 143 Å². The molecule has 1 saturated heterocycles. The van der Waals surface area contributed by atoms with Gasteiger partial charge >= 0.3 is 0 Å². The van der Waals surface area contributed by atoms with Crippen molar-refractivity contribution in [1.82, 2.24) is 15.1 Å². The maximum atomic E-state index is 12.4. The molecule has 1 amide bonds. The molecular weight excluding hydrogens is 308 g/mol. The van der Waals surface area contributed by atoms with Crippen molar-refractivity contribution >= 4 is 22.4 Å². The minimum atomic E-state index is 0.0592. The zero-order valence-corrected chi connectivity index (χ0v) is 15.5. The predicted molar refractivity (Wildman–Crippen MR) is 94.0 cm³/mol. The van der Waals surface area contributed by atoms with Gasteiger partial charge in [-0.25, -0.2) is 0 Å². The minimum Gasteiger partial charge on any atom is -0.347 e. The first-order valence-corrected chi connectivity index (χ1v) is 9.53. The lowest BCUT2D eigenvalue weighted by molar-refractivity contribution is -0.139. The lowest BCUT2D eigenvalue weighted by Gasteiger charge is -2.39. The molecule has 0 N–H and O–H groups in total. The monoisotopic (exact) mass is 336 g/mol. The molecule has 0 unspecified atom stereocenters. The average molecular weight is 337 g/mol. The molecule has 1 saturated carbocycles. The summed E-state index contributed by atoms with van der Waals surface area (Å²) in [6.45, 7) is 8.44. The maximum absolute atomic E-state index is 12.4. The average Bonchev–Trinajstić information content (AvgIpc) is 2.94. The molecule has 6 heteroatoms. The normalized spacial score (nSPS) is 20.4. The third-order valence-corrected chi connectivity index (χ3v) is 6.55. The molecular formula is C17H28N4OS. The first-order chi connectivity index (χ1) is 10.9.